The van der Waals surface area contributed by atoms with Gasteiger partial charge in [-0.15, -0.1) is 0 Å². The van der Waals surface area contributed by atoms with E-state index in [4.69, 9.17) is 5.73 Å². The fourth-order valence-electron chi connectivity index (χ4n) is 1.58. The minimum Gasteiger partial charge on any atom is -0.402 e. The Kier molecular flexibility index (Phi) is 3.42. The first kappa shape index (κ1) is 12.1. The first-order valence-electron chi connectivity index (χ1n) is 5.61. The van der Waals surface area contributed by atoms with Crippen LogP contribution in [0.3, 0.4) is 0 Å². The second kappa shape index (κ2) is 4.25. The van der Waals surface area contributed by atoms with Crippen LogP contribution >= 0.6 is 0 Å². The highest BCUT2D eigenvalue weighted by atomic mass is 15.3. The van der Waals surface area contributed by atoms with Gasteiger partial charge in [-0.3, -0.25) is 4.99 Å². The summed E-state index contributed by atoms with van der Waals surface area (Å²) in [5.41, 5.74) is 6.99. The van der Waals surface area contributed by atoms with E-state index in [1.807, 2.05) is 6.08 Å². The van der Waals surface area contributed by atoms with E-state index in [1.165, 1.54) is 0 Å². The van der Waals surface area contributed by atoms with E-state index in [9.17, 15) is 0 Å². The molecule has 2 N–H and O–H groups in total. The Labute approximate surface area is 93.1 Å². The molecule has 1 aliphatic heterocycles. The summed E-state index contributed by atoms with van der Waals surface area (Å²) in [4.78, 5) is 6.80. The molecule has 0 aromatic heterocycles. The van der Waals surface area contributed by atoms with Crippen LogP contribution in [0.1, 0.15) is 34.6 Å². The molecule has 0 atom stereocenters. The van der Waals surface area contributed by atoms with Crippen LogP contribution in [0.15, 0.2) is 16.8 Å². The monoisotopic (exact) mass is 209 g/mol. The summed E-state index contributed by atoms with van der Waals surface area (Å²) in [5, 5.41) is 0. The zero-order chi connectivity index (χ0) is 11.6. The van der Waals surface area contributed by atoms with Crippen molar-refractivity contribution >= 4 is 5.84 Å². The van der Waals surface area contributed by atoms with E-state index in [1.54, 1.807) is 0 Å². The van der Waals surface area contributed by atoms with Crippen LogP contribution in [0.5, 0.6) is 0 Å². The minimum absolute atomic E-state index is 0.128. The zero-order valence-electron chi connectivity index (χ0n) is 10.5. The lowest BCUT2D eigenvalue weighted by molar-refractivity contribution is 0.258. The van der Waals surface area contributed by atoms with Crippen molar-refractivity contribution in [1.82, 2.24) is 4.90 Å². The third-order valence-electron chi connectivity index (χ3n) is 2.65. The number of hydrogen-bond acceptors (Lipinski definition) is 3. The topological polar surface area (TPSA) is 41.6 Å². The number of rotatable bonds is 2. The second-order valence-corrected chi connectivity index (χ2v) is 5.36. The fraction of sp³-hybridized carbons (Fsp3) is 0.750. The highest BCUT2D eigenvalue weighted by Gasteiger charge is 2.26. The highest BCUT2D eigenvalue weighted by molar-refractivity contribution is 5.95. The van der Waals surface area contributed by atoms with E-state index < -0.39 is 0 Å². The summed E-state index contributed by atoms with van der Waals surface area (Å²) in [6, 6.07) is 0. The molecule has 0 aromatic carbocycles. The Balaban J connectivity index is 2.83. The molecule has 1 heterocycles. The lowest BCUT2D eigenvalue weighted by Gasteiger charge is -2.34. The van der Waals surface area contributed by atoms with Crippen molar-refractivity contribution < 1.29 is 0 Å². The van der Waals surface area contributed by atoms with Gasteiger partial charge in [0.2, 0.25) is 0 Å². The molecule has 3 nitrogen and oxygen atoms in total. The minimum atomic E-state index is 0.128. The lowest BCUT2D eigenvalue weighted by Crippen LogP contribution is -2.43. The van der Waals surface area contributed by atoms with Crippen molar-refractivity contribution in [3.63, 3.8) is 0 Å². The molecule has 0 bridgehead atoms. The largest absolute Gasteiger partial charge is 0.402 e. The van der Waals surface area contributed by atoms with Gasteiger partial charge in [0.1, 0.15) is 5.84 Å². The van der Waals surface area contributed by atoms with Crippen LogP contribution in [0.2, 0.25) is 0 Å². The highest BCUT2D eigenvalue weighted by Crippen LogP contribution is 2.19. The van der Waals surface area contributed by atoms with Crippen molar-refractivity contribution in [2.24, 2.45) is 16.6 Å². The maximum Gasteiger partial charge on any atom is 0.125 e. The van der Waals surface area contributed by atoms with E-state index in [0.29, 0.717) is 5.92 Å². The first-order valence-corrected chi connectivity index (χ1v) is 5.61. The SMILES string of the molecule is CC(C)/C(N)=C/C1=NCCN1C(C)(C)C. The number of aliphatic imine (C=N–C) groups is 1. The third kappa shape index (κ3) is 2.98. The van der Waals surface area contributed by atoms with Crippen LogP contribution in [0.25, 0.3) is 0 Å². The van der Waals surface area contributed by atoms with Crippen molar-refractivity contribution in [2.75, 3.05) is 13.1 Å². The summed E-state index contributed by atoms with van der Waals surface area (Å²) in [7, 11) is 0. The summed E-state index contributed by atoms with van der Waals surface area (Å²) < 4.78 is 0. The Morgan fingerprint density at radius 1 is 1.47 bits per heavy atom. The maximum absolute atomic E-state index is 5.96. The lowest BCUT2D eigenvalue weighted by atomic mass is 10.1. The first-order chi connectivity index (χ1) is 6.82. The third-order valence-corrected chi connectivity index (χ3v) is 2.65. The van der Waals surface area contributed by atoms with Crippen molar-refractivity contribution in [3.05, 3.63) is 11.8 Å². The fourth-order valence-corrected chi connectivity index (χ4v) is 1.58. The number of nitrogens with two attached hydrogens (primary N) is 1. The van der Waals surface area contributed by atoms with Crippen LogP contribution in [0.4, 0.5) is 0 Å². The molecule has 0 aliphatic carbocycles. The maximum atomic E-state index is 5.96. The molecular weight excluding hydrogens is 186 g/mol. The average Bonchev–Trinajstić information content (AvgIpc) is 2.50. The molecule has 86 valence electrons. The Bertz CT molecular complexity index is 282. The molecular formula is C12H23N3. The summed E-state index contributed by atoms with van der Waals surface area (Å²) in [6.45, 7) is 12.7. The van der Waals surface area contributed by atoms with E-state index in [0.717, 1.165) is 24.6 Å². The van der Waals surface area contributed by atoms with Crippen LogP contribution in [-0.2, 0) is 0 Å². The number of hydrogen-bond donors (Lipinski definition) is 1. The van der Waals surface area contributed by atoms with Gasteiger partial charge in [-0.05, 0) is 32.8 Å². The van der Waals surface area contributed by atoms with Gasteiger partial charge < -0.3 is 10.6 Å². The quantitative estimate of drug-likeness (QED) is 0.755. The molecule has 0 radical (unpaired) electrons. The van der Waals surface area contributed by atoms with Crippen LogP contribution < -0.4 is 5.73 Å². The van der Waals surface area contributed by atoms with Gasteiger partial charge in [-0.25, -0.2) is 0 Å². The van der Waals surface area contributed by atoms with E-state index >= 15 is 0 Å². The smallest absolute Gasteiger partial charge is 0.125 e. The van der Waals surface area contributed by atoms with E-state index in [-0.39, 0.29) is 5.54 Å². The van der Waals surface area contributed by atoms with Gasteiger partial charge >= 0.3 is 0 Å². The van der Waals surface area contributed by atoms with Gasteiger partial charge in [0, 0.05) is 17.8 Å². The molecule has 0 aromatic rings. The standard InChI is InChI=1S/C12H23N3/c1-9(2)10(13)8-11-14-6-7-15(11)12(3,4)5/h8-9H,6-7,13H2,1-5H3/b10-8-. The van der Waals surface area contributed by atoms with Crippen molar-refractivity contribution in [1.29, 1.82) is 0 Å². The molecule has 0 saturated heterocycles. The van der Waals surface area contributed by atoms with Gasteiger partial charge in [0.25, 0.3) is 0 Å². The molecule has 0 fully saturated rings. The Morgan fingerprint density at radius 3 is 2.53 bits per heavy atom. The Morgan fingerprint density at radius 2 is 2.07 bits per heavy atom. The predicted molar refractivity (Wildman–Crippen MR) is 65.9 cm³/mol. The normalized spacial score (nSPS) is 18.7. The number of nitrogens with zero attached hydrogens (tertiary/aromatic N) is 2. The molecule has 15 heavy (non-hydrogen) atoms. The number of amidine groups is 1. The van der Waals surface area contributed by atoms with Gasteiger partial charge in [-0.2, -0.15) is 0 Å². The zero-order valence-corrected chi connectivity index (χ0v) is 10.5. The molecule has 1 rings (SSSR count). The predicted octanol–water partition coefficient (Wildman–Crippen LogP) is 2.00. The van der Waals surface area contributed by atoms with Crippen LogP contribution in [0, 0.1) is 5.92 Å². The molecule has 0 saturated carbocycles. The Hall–Kier alpha value is -0.990. The van der Waals surface area contributed by atoms with Gasteiger partial charge in [0.05, 0.1) is 6.54 Å². The summed E-state index contributed by atoms with van der Waals surface area (Å²) in [5.74, 6) is 1.42. The van der Waals surface area contributed by atoms with Gasteiger partial charge in [0.15, 0.2) is 0 Å². The van der Waals surface area contributed by atoms with Gasteiger partial charge in [-0.1, -0.05) is 13.8 Å². The molecule has 0 unspecified atom stereocenters. The average molecular weight is 209 g/mol. The van der Waals surface area contributed by atoms with Crippen LogP contribution in [-0.4, -0.2) is 29.4 Å². The molecule has 0 amide bonds. The molecule has 0 spiro atoms. The van der Waals surface area contributed by atoms with E-state index in [2.05, 4.69) is 44.5 Å². The molecule has 3 heteroatoms. The second-order valence-electron chi connectivity index (χ2n) is 5.36. The molecule has 1 aliphatic rings. The summed E-state index contributed by atoms with van der Waals surface area (Å²) in [6.07, 6.45) is 2.02. The number of allylic oxidation sites excluding steroid dienone is 1. The van der Waals surface area contributed by atoms with Crippen molar-refractivity contribution in [3.8, 4) is 0 Å². The summed E-state index contributed by atoms with van der Waals surface area (Å²) >= 11 is 0. The van der Waals surface area contributed by atoms with Crippen molar-refractivity contribution in [2.45, 2.75) is 40.2 Å².